The van der Waals surface area contributed by atoms with Crippen molar-refractivity contribution < 1.29 is 14.1 Å². The molecule has 1 aromatic heterocycles. The Hall–Kier alpha value is -2.67. The number of ether oxygens (including phenoxy) is 1. The summed E-state index contributed by atoms with van der Waals surface area (Å²) in [5.41, 5.74) is 1.38. The van der Waals surface area contributed by atoms with Crippen LogP contribution in [-0.4, -0.2) is 23.2 Å². The summed E-state index contributed by atoms with van der Waals surface area (Å²) in [7, 11) is 1.61. The van der Waals surface area contributed by atoms with Gasteiger partial charge in [0.15, 0.2) is 0 Å². The monoisotopic (exact) mass is 429 g/mol. The molecule has 1 atom stereocenters. The number of methoxy groups -OCH3 is 1. The van der Waals surface area contributed by atoms with Crippen LogP contribution in [0.1, 0.15) is 36.1 Å². The highest BCUT2D eigenvalue weighted by molar-refractivity contribution is 9.10. The summed E-state index contributed by atoms with van der Waals surface area (Å²) >= 11 is 3.37. The number of carbonyl (C=O) groups is 1. The minimum Gasteiger partial charge on any atom is -0.497 e. The van der Waals surface area contributed by atoms with E-state index in [0.717, 1.165) is 15.8 Å². The highest BCUT2D eigenvalue weighted by atomic mass is 79.9. The van der Waals surface area contributed by atoms with Crippen LogP contribution in [0.2, 0.25) is 0 Å². The van der Waals surface area contributed by atoms with Gasteiger partial charge in [-0.1, -0.05) is 34.9 Å². The highest BCUT2D eigenvalue weighted by Gasteiger charge is 2.25. The molecule has 0 bridgehead atoms. The van der Waals surface area contributed by atoms with Crippen LogP contribution in [0.15, 0.2) is 57.5 Å². The van der Waals surface area contributed by atoms with Gasteiger partial charge in [-0.25, -0.2) is 0 Å². The summed E-state index contributed by atoms with van der Waals surface area (Å²) in [6.45, 7) is 3.98. The molecule has 0 saturated heterocycles. The van der Waals surface area contributed by atoms with Crippen molar-refractivity contribution in [3.63, 3.8) is 0 Å². The zero-order valence-electron chi connectivity index (χ0n) is 15.3. The van der Waals surface area contributed by atoms with E-state index in [1.165, 1.54) is 0 Å². The highest BCUT2D eigenvalue weighted by Crippen LogP contribution is 2.25. The summed E-state index contributed by atoms with van der Waals surface area (Å²) in [6, 6.07) is 14.2. The summed E-state index contributed by atoms with van der Waals surface area (Å²) in [5, 5.41) is 7.03. The molecule has 2 aromatic carbocycles. The maximum atomic E-state index is 12.6. The lowest BCUT2D eigenvalue weighted by Crippen LogP contribution is -2.32. The number of amides is 1. The van der Waals surface area contributed by atoms with Gasteiger partial charge in [0.05, 0.1) is 7.11 Å². The third kappa shape index (κ3) is 4.54. The van der Waals surface area contributed by atoms with Crippen LogP contribution in [0.5, 0.6) is 5.75 Å². The van der Waals surface area contributed by atoms with E-state index in [4.69, 9.17) is 9.26 Å². The van der Waals surface area contributed by atoms with Crippen molar-refractivity contribution in [2.75, 3.05) is 7.11 Å². The first-order valence-corrected chi connectivity index (χ1v) is 9.31. The second-order valence-electron chi connectivity index (χ2n) is 6.39. The van der Waals surface area contributed by atoms with Crippen molar-refractivity contribution >= 4 is 21.8 Å². The van der Waals surface area contributed by atoms with Crippen LogP contribution in [0.4, 0.5) is 0 Å². The molecule has 0 fully saturated rings. The van der Waals surface area contributed by atoms with Crippen molar-refractivity contribution in [1.82, 2.24) is 15.5 Å². The van der Waals surface area contributed by atoms with E-state index in [0.29, 0.717) is 17.3 Å². The molecule has 0 aliphatic carbocycles. The van der Waals surface area contributed by atoms with E-state index < -0.39 is 0 Å². The van der Waals surface area contributed by atoms with E-state index in [1.807, 2.05) is 50.2 Å². The Balaban J connectivity index is 1.79. The normalized spacial score (nSPS) is 12.0. The van der Waals surface area contributed by atoms with Crippen LogP contribution in [0.25, 0.3) is 11.4 Å². The molecule has 1 heterocycles. The van der Waals surface area contributed by atoms with Crippen LogP contribution in [0, 0.1) is 5.92 Å². The zero-order chi connectivity index (χ0) is 19.4. The summed E-state index contributed by atoms with van der Waals surface area (Å²) in [6.07, 6.45) is 0. The molecule has 7 heteroatoms. The molecule has 0 aliphatic heterocycles. The van der Waals surface area contributed by atoms with Gasteiger partial charge < -0.3 is 14.6 Å². The number of carbonyl (C=O) groups excluding carboxylic acids is 1. The molecule has 3 rings (SSSR count). The second kappa shape index (κ2) is 8.35. The summed E-state index contributed by atoms with van der Waals surface area (Å²) in [5.74, 6) is 1.49. The molecular weight excluding hydrogens is 410 g/mol. The lowest BCUT2D eigenvalue weighted by molar-refractivity contribution is 0.0914. The van der Waals surface area contributed by atoms with Gasteiger partial charge in [0, 0.05) is 15.6 Å². The Morgan fingerprint density at radius 3 is 2.37 bits per heavy atom. The molecular formula is C20H20BrN3O3. The van der Waals surface area contributed by atoms with E-state index in [-0.39, 0.29) is 17.9 Å². The van der Waals surface area contributed by atoms with Crippen LogP contribution in [-0.2, 0) is 0 Å². The molecule has 140 valence electrons. The first-order valence-electron chi connectivity index (χ1n) is 8.52. The minimum atomic E-state index is -0.388. The molecule has 0 aliphatic rings. The predicted octanol–water partition coefficient (Wildman–Crippen LogP) is 4.63. The van der Waals surface area contributed by atoms with Gasteiger partial charge in [0.1, 0.15) is 11.8 Å². The average molecular weight is 430 g/mol. The Morgan fingerprint density at radius 2 is 1.78 bits per heavy atom. The van der Waals surface area contributed by atoms with Crippen molar-refractivity contribution in [2.45, 2.75) is 19.9 Å². The summed E-state index contributed by atoms with van der Waals surface area (Å²) < 4.78 is 11.5. The smallest absolute Gasteiger partial charge is 0.251 e. The lowest BCUT2D eigenvalue weighted by atomic mass is 10.0. The van der Waals surface area contributed by atoms with Crippen LogP contribution < -0.4 is 10.1 Å². The molecule has 0 saturated carbocycles. The standard InChI is InChI=1S/C20H20BrN3O3/c1-12(2)17(22-19(25)14-4-8-15(21)9-5-14)20-23-18(24-27-20)13-6-10-16(26-3)11-7-13/h4-12,17H,1-3H3,(H,22,25)/t17-/m1/s1. The quantitative estimate of drug-likeness (QED) is 0.617. The zero-order valence-corrected chi connectivity index (χ0v) is 16.9. The van der Waals surface area contributed by atoms with Gasteiger partial charge in [0.25, 0.3) is 5.91 Å². The predicted molar refractivity (Wildman–Crippen MR) is 105 cm³/mol. The maximum Gasteiger partial charge on any atom is 0.251 e. The number of hydrogen-bond acceptors (Lipinski definition) is 5. The second-order valence-corrected chi connectivity index (χ2v) is 7.30. The first-order chi connectivity index (χ1) is 13.0. The number of halogens is 1. The Kier molecular flexibility index (Phi) is 5.91. The fraction of sp³-hybridized carbons (Fsp3) is 0.250. The molecule has 1 amide bonds. The van der Waals surface area contributed by atoms with E-state index in [1.54, 1.807) is 19.2 Å². The topological polar surface area (TPSA) is 77.3 Å². The Labute approximate surface area is 166 Å². The lowest BCUT2D eigenvalue weighted by Gasteiger charge is -2.18. The van der Waals surface area contributed by atoms with E-state index in [9.17, 15) is 4.79 Å². The molecule has 0 unspecified atom stereocenters. The molecule has 1 N–H and O–H groups in total. The van der Waals surface area contributed by atoms with Crippen molar-refractivity contribution in [3.05, 3.63) is 64.5 Å². The van der Waals surface area contributed by atoms with E-state index in [2.05, 4.69) is 31.4 Å². The van der Waals surface area contributed by atoms with Crippen LogP contribution >= 0.6 is 15.9 Å². The first kappa shape index (κ1) is 19.1. The van der Waals surface area contributed by atoms with Gasteiger partial charge in [-0.05, 0) is 54.4 Å². The molecule has 3 aromatic rings. The van der Waals surface area contributed by atoms with Gasteiger partial charge in [0.2, 0.25) is 11.7 Å². The molecule has 27 heavy (non-hydrogen) atoms. The number of aromatic nitrogens is 2. The number of benzene rings is 2. The number of nitrogens with zero attached hydrogens (tertiary/aromatic N) is 2. The van der Waals surface area contributed by atoms with Gasteiger partial charge in [-0.15, -0.1) is 0 Å². The van der Waals surface area contributed by atoms with Crippen LogP contribution in [0.3, 0.4) is 0 Å². The average Bonchev–Trinajstić information content (AvgIpc) is 3.16. The third-order valence-corrected chi connectivity index (χ3v) is 4.64. The third-order valence-electron chi connectivity index (χ3n) is 4.12. The van der Waals surface area contributed by atoms with Gasteiger partial charge in [-0.3, -0.25) is 4.79 Å². The van der Waals surface area contributed by atoms with E-state index >= 15 is 0 Å². The van der Waals surface area contributed by atoms with Gasteiger partial charge in [-0.2, -0.15) is 4.98 Å². The van der Waals surface area contributed by atoms with Gasteiger partial charge >= 0.3 is 0 Å². The van der Waals surface area contributed by atoms with Crippen molar-refractivity contribution in [3.8, 4) is 17.1 Å². The molecule has 0 radical (unpaired) electrons. The fourth-order valence-corrected chi connectivity index (χ4v) is 2.82. The number of hydrogen-bond donors (Lipinski definition) is 1. The maximum absolute atomic E-state index is 12.6. The SMILES string of the molecule is COc1ccc(-c2noc([C@H](NC(=O)c3ccc(Br)cc3)C(C)C)n2)cc1. The summed E-state index contributed by atoms with van der Waals surface area (Å²) in [4.78, 5) is 17.0. The Morgan fingerprint density at radius 1 is 1.11 bits per heavy atom. The number of nitrogens with one attached hydrogen (secondary N) is 1. The largest absolute Gasteiger partial charge is 0.497 e. The van der Waals surface area contributed by atoms with Crippen molar-refractivity contribution in [1.29, 1.82) is 0 Å². The Bertz CT molecular complexity index is 905. The van der Waals surface area contributed by atoms with Crippen molar-refractivity contribution in [2.24, 2.45) is 5.92 Å². The fourth-order valence-electron chi connectivity index (χ4n) is 2.56. The molecule has 0 spiro atoms. The number of rotatable bonds is 6. The molecule has 6 nitrogen and oxygen atoms in total. The minimum absolute atomic E-state index is 0.0774.